The first-order chi connectivity index (χ1) is 17.5. The lowest BCUT2D eigenvalue weighted by Gasteiger charge is -2.32. The molecule has 3 aromatic carbocycles. The van der Waals surface area contributed by atoms with E-state index in [1.165, 1.54) is 0 Å². The molecule has 4 rings (SSSR count). The molecule has 0 spiro atoms. The molecular weight excluding hydrogens is 495 g/mol. The Morgan fingerprint density at radius 1 is 0.889 bits per heavy atom. The number of hydrogen-bond acceptors (Lipinski definition) is 3. The van der Waals surface area contributed by atoms with Crippen LogP contribution in [-0.4, -0.2) is 42.0 Å². The van der Waals surface area contributed by atoms with Crippen molar-refractivity contribution in [1.82, 2.24) is 10.2 Å². The lowest BCUT2D eigenvalue weighted by Crippen LogP contribution is -2.52. The molecule has 3 aromatic rings. The maximum Gasteiger partial charge on any atom is 0.243 e. The van der Waals surface area contributed by atoms with Gasteiger partial charge in [0.15, 0.2) is 0 Å². The second-order valence-electron chi connectivity index (χ2n) is 9.04. The summed E-state index contributed by atoms with van der Waals surface area (Å²) in [5.74, 6) is -0.326. The van der Waals surface area contributed by atoms with Crippen molar-refractivity contribution < 1.29 is 14.3 Å². The van der Waals surface area contributed by atoms with Crippen molar-refractivity contribution in [3.05, 3.63) is 106 Å². The Hall–Kier alpha value is -2.86. The highest BCUT2D eigenvalue weighted by Crippen LogP contribution is 2.19. The summed E-state index contributed by atoms with van der Waals surface area (Å²) in [6.07, 6.45) is 2.50. The van der Waals surface area contributed by atoms with Crippen molar-refractivity contribution in [2.45, 2.75) is 44.4 Å². The molecule has 2 atom stereocenters. The maximum atomic E-state index is 13.7. The molecule has 0 unspecified atom stereocenters. The lowest BCUT2D eigenvalue weighted by molar-refractivity contribution is -0.141. The summed E-state index contributed by atoms with van der Waals surface area (Å²) in [6.45, 7) is 1.44. The van der Waals surface area contributed by atoms with Gasteiger partial charge in [-0.3, -0.25) is 9.59 Å². The van der Waals surface area contributed by atoms with Crippen LogP contribution in [0.5, 0.6) is 0 Å². The van der Waals surface area contributed by atoms with Gasteiger partial charge in [-0.15, -0.1) is 0 Å². The average Bonchev–Trinajstić information content (AvgIpc) is 3.41. The summed E-state index contributed by atoms with van der Waals surface area (Å²) in [7, 11) is 0. The fourth-order valence-electron chi connectivity index (χ4n) is 4.36. The summed E-state index contributed by atoms with van der Waals surface area (Å²) in [4.78, 5) is 29.0. The fourth-order valence-corrected chi connectivity index (χ4v) is 4.61. The van der Waals surface area contributed by atoms with Gasteiger partial charge in [-0.05, 0) is 53.8 Å². The topological polar surface area (TPSA) is 58.6 Å². The predicted molar refractivity (Wildman–Crippen MR) is 143 cm³/mol. The van der Waals surface area contributed by atoms with E-state index in [1.807, 2.05) is 54.6 Å². The van der Waals surface area contributed by atoms with E-state index in [2.05, 4.69) is 5.32 Å². The Balaban J connectivity index is 1.61. The van der Waals surface area contributed by atoms with Gasteiger partial charge >= 0.3 is 0 Å². The number of rotatable bonds is 10. The quantitative estimate of drug-likeness (QED) is 0.382. The zero-order chi connectivity index (χ0) is 25.3. The van der Waals surface area contributed by atoms with E-state index in [9.17, 15) is 9.59 Å². The summed E-state index contributed by atoms with van der Waals surface area (Å²) < 4.78 is 5.69. The molecule has 188 valence electrons. The molecule has 36 heavy (non-hydrogen) atoms. The van der Waals surface area contributed by atoms with Gasteiger partial charge in [-0.25, -0.2) is 0 Å². The van der Waals surface area contributed by atoms with Gasteiger partial charge < -0.3 is 15.0 Å². The van der Waals surface area contributed by atoms with Crippen LogP contribution in [-0.2, 0) is 33.7 Å². The van der Waals surface area contributed by atoms with Crippen LogP contribution in [0.1, 0.15) is 29.5 Å². The number of carbonyl (C=O) groups is 2. The maximum absolute atomic E-state index is 13.7. The highest BCUT2D eigenvalue weighted by atomic mass is 35.5. The first-order valence-corrected chi connectivity index (χ1v) is 12.9. The summed E-state index contributed by atoms with van der Waals surface area (Å²) in [5, 5.41) is 4.28. The van der Waals surface area contributed by atoms with Crippen molar-refractivity contribution >= 4 is 35.0 Å². The van der Waals surface area contributed by atoms with Crippen LogP contribution in [0, 0.1) is 0 Å². The standard InChI is InChI=1S/C29H30Cl2N2O3/c30-24-12-8-22(9-13-24)18-28(34)33(20-23-10-14-25(31)15-11-23)27(17-21-5-2-1-3-6-21)29(35)32-19-26-7-4-16-36-26/h1-3,5-6,8-15,26-27H,4,7,16-20H2,(H,32,35)/t26-,27-/m1/s1. The van der Waals surface area contributed by atoms with Gasteiger partial charge in [0.2, 0.25) is 11.8 Å². The third-order valence-electron chi connectivity index (χ3n) is 6.33. The van der Waals surface area contributed by atoms with Crippen LogP contribution < -0.4 is 5.32 Å². The Bertz CT molecular complexity index is 1130. The summed E-state index contributed by atoms with van der Waals surface area (Å²) in [5.41, 5.74) is 2.72. The monoisotopic (exact) mass is 524 g/mol. The zero-order valence-corrected chi connectivity index (χ0v) is 21.5. The highest BCUT2D eigenvalue weighted by Gasteiger charge is 2.31. The Morgan fingerprint density at radius 2 is 1.53 bits per heavy atom. The zero-order valence-electron chi connectivity index (χ0n) is 20.0. The van der Waals surface area contributed by atoms with Gasteiger partial charge in [0.05, 0.1) is 12.5 Å². The highest BCUT2D eigenvalue weighted by molar-refractivity contribution is 6.30. The Kier molecular flexibility index (Phi) is 9.40. The van der Waals surface area contributed by atoms with E-state index in [4.69, 9.17) is 27.9 Å². The van der Waals surface area contributed by atoms with Crippen LogP contribution in [0.25, 0.3) is 0 Å². The number of benzene rings is 3. The van der Waals surface area contributed by atoms with Gasteiger partial charge in [-0.1, -0.05) is 77.8 Å². The van der Waals surface area contributed by atoms with Crippen LogP contribution in [0.4, 0.5) is 0 Å². The van der Waals surface area contributed by atoms with Crippen LogP contribution in [0.15, 0.2) is 78.9 Å². The number of ether oxygens (including phenoxy) is 1. The molecule has 0 aliphatic carbocycles. The molecule has 0 saturated carbocycles. The van der Waals surface area contributed by atoms with E-state index in [0.29, 0.717) is 23.0 Å². The summed E-state index contributed by atoms with van der Waals surface area (Å²) >= 11 is 12.1. The first-order valence-electron chi connectivity index (χ1n) is 12.2. The van der Waals surface area contributed by atoms with Crippen molar-refractivity contribution in [2.24, 2.45) is 0 Å². The van der Waals surface area contributed by atoms with E-state index in [0.717, 1.165) is 36.1 Å². The second kappa shape index (κ2) is 12.9. The first kappa shape index (κ1) is 26.2. The van der Waals surface area contributed by atoms with E-state index in [1.54, 1.807) is 29.2 Å². The van der Waals surface area contributed by atoms with Gasteiger partial charge in [-0.2, -0.15) is 0 Å². The molecule has 5 nitrogen and oxygen atoms in total. The van der Waals surface area contributed by atoms with Crippen molar-refractivity contribution in [3.63, 3.8) is 0 Å². The Labute approximate surface area is 222 Å². The SMILES string of the molecule is O=C(NC[C@H]1CCCO1)[C@@H](Cc1ccccc1)N(Cc1ccc(Cl)cc1)C(=O)Cc1ccc(Cl)cc1. The van der Waals surface area contributed by atoms with Crippen molar-refractivity contribution in [2.75, 3.05) is 13.2 Å². The molecule has 1 N–H and O–H groups in total. The van der Waals surface area contributed by atoms with Gasteiger partial charge in [0, 0.05) is 36.2 Å². The molecule has 7 heteroatoms. The normalized spacial score (nSPS) is 15.9. The van der Waals surface area contributed by atoms with Gasteiger partial charge in [0.1, 0.15) is 6.04 Å². The smallest absolute Gasteiger partial charge is 0.243 e. The lowest BCUT2D eigenvalue weighted by atomic mass is 10.0. The minimum atomic E-state index is -0.690. The van der Waals surface area contributed by atoms with Crippen LogP contribution in [0.2, 0.25) is 10.0 Å². The number of carbonyl (C=O) groups excluding carboxylic acids is 2. The van der Waals surface area contributed by atoms with E-state index < -0.39 is 6.04 Å². The third kappa shape index (κ3) is 7.57. The third-order valence-corrected chi connectivity index (χ3v) is 6.84. The Morgan fingerprint density at radius 3 is 2.14 bits per heavy atom. The largest absolute Gasteiger partial charge is 0.376 e. The van der Waals surface area contributed by atoms with Gasteiger partial charge in [0.25, 0.3) is 0 Å². The molecule has 1 fully saturated rings. The fraction of sp³-hybridized carbons (Fsp3) is 0.310. The number of nitrogens with one attached hydrogen (secondary N) is 1. The molecule has 0 aromatic heterocycles. The molecule has 0 bridgehead atoms. The summed E-state index contributed by atoms with van der Waals surface area (Å²) in [6, 6.07) is 23.6. The molecule has 0 radical (unpaired) electrons. The molecule has 1 aliphatic rings. The minimum absolute atomic E-state index is 0.0146. The molecule has 1 aliphatic heterocycles. The number of nitrogens with zero attached hydrogens (tertiary/aromatic N) is 1. The molecular formula is C29H30Cl2N2O3. The predicted octanol–water partition coefficient (Wildman–Crippen LogP) is 5.47. The van der Waals surface area contributed by atoms with Crippen LogP contribution in [0.3, 0.4) is 0 Å². The molecule has 1 saturated heterocycles. The number of amides is 2. The average molecular weight is 525 g/mol. The molecule has 1 heterocycles. The van der Waals surface area contributed by atoms with E-state index in [-0.39, 0.29) is 30.9 Å². The minimum Gasteiger partial charge on any atom is -0.376 e. The number of halogens is 2. The number of hydrogen-bond donors (Lipinski definition) is 1. The van der Waals surface area contributed by atoms with Crippen molar-refractivity contribution in [3.8, 4) is 0 Å². The second-order valence-corrected chi connectivity index (χ2v) is 9.91. The van der Waals surface area contributed by atoms with E-state index >= 15 is 0 Å². The van der Waals surface area contributed by atoms with Crippen molar-refractivity contribution in [1.29, 1.82) is 0 Å². The molecule has 2 amide bonds. The van der Waals surface area contributed by atoms with Crippen LogP contribution >= 0.6 is 23.2 Å².